The van der Waals surface area contributed by atoms with Gasteiger partial charge >= 0.3 is 0 Å². The number of rotatable bonds is 6. The molecule has 1 amide bonds. The third-order valence-corrected chi connectivity index (χ3v) is 7.67. The number of amides is 1. The van der Waals surface area contributed by atoms with E-state index in [1.54, 1.807) is 6.92 Å². The molecule has 1 aliphatic rings. The van der Waals surface area contributed by atoms with Gasteiger partial charge in [0.15, 0.2) is 15.1 Å². The summed E-state index contributed by atoms with van der Waals surface area (Å²) in [6.45, 7) is 1.92. The molecule has 6 nitrogen and oxygen atoms in total. The molecule has 2 atom stereocenters. The van der Waals surface area contributed by atoms with Gasteiger partial charge in [0.25, 0.3) is 5.91 Å². The Bertz CT molecular complexity index is 743. The topological polar surface area (TPSA) is 92.7 Å². The minimum atomic E-state index is -3.93. The van der Waals surface area contributed by atoms with Crippen LogP contribution in [0.2, 0.25) is 0 Å². The molecule has 0 saturated carbocycles. The molecule has 1 aliphatic heterocycles. The Hall–Kier alpha value is -1.69. The van der Waals surface area contributed by atoms with Gasteiger partial charge in [0, 0.05) is 5.25 Å². The Kier molecular flexibility index (Phi) is 7.17. The van der Waals surface area contributed by atoms with Crippen LogP contribution in [0.3, 0.4) is 0 Å². The maximum atomic E-state index is 13.0. The van der Waals surface area contributed by atoms with E-state index in [0.717, 1.165) is 18.6 Å². The highest BCUT2D eigenvalue weighted by atomic mass is 32.2. The van der Waals surface area contributed by atoms with Gasteiger partial charge < -0.3 is 4.74 Å². The van der Waals surface area contributed by atoms with Crippen molar-refractivity contribution in [2.45, 2.75) is 41.6 Å². The zero-order valence-corrected chi connectivity index (χ0v) is 15.5. The lowest BCUT2D eigenvalue weighted by atomic mass is 10.1. The Labute approximate surface area is 152 Å². The van der Waals surface area contributed by atoms with Crippen molar-refractivity contribution in [1.29, 1.82) is 0 Å². The zero-order valence-electron chi connectivity index (χ0n) is 13.9. The molecule has 1 aromatic carbocycles. The SMILES string of the molecule is CC#CCOc1ccc(S(=O)(=O)C(C(=O)NO)C2CCCCS2)cc1. The van der Waals surface area contributed by atoms with Crippen LogP contribution in [-0.2, 0) is 14.6 Å². The van der Waals surface area contributed by atoms with E-state index >= 15 is 0 Å². The molecule has 0 aliphatic carbocycles. The number of benzene rings is 1. The fourth-order valence-electron chi connectivity index (χ4n) is 2.64. The second-order valence-corrected chi connectivity index (χ2v) is 8.95. The van der Waals surface area contributed by atoms with E-state index in [1.807, 2.05) is 0 Å². The number of ether oxygens (including phenoxy) is 1. The fourth-order valence-corrected chi connectivity index (χ4v) is 6.30. The molecule has 8 heteroatoms. The predicted octanol–water partition coefficient (Wildman–Crippen LogP) is 2.02. The van der Waals surface area contributed by atoms with Crippen LogP contribution in [0.1, 0.15) is 26.2 Å². The van der Waals surface area contributed by atoms with Crippen LogP contribution in [0.4, 0.5) is 0 Å². The van der Waals surface area contributed by atoms with Crippen molar-refractivity contribution in [3.63, 3.8) is 0 Å². The van der Waals surface area contributed by atoms with Crippen LogP contribution in [0, 0.1) is 11.8 Å². The molecule has 25 heavy (non-hydrogen) atoms. The molecule has 1 fully saturated rings. The number of hydrogen-bond donors (Lipinski definition) is 2. The maximum Gasteiger partial charge on any atom is 0.263 e. The average Bonchev–Trinajstić information content (AvgIpc) is 2.63. The van der Waals surface area contributed by atoms with E-state index < -0.39 is 21.0 Å². The summed E-state index contributed by atoms with van der Waals surface area (Å²) in [5.74, 6) is 5.87. The number of sulfone groups is 1. The molecule has 0 bridgehead atoms. The van der Waals surface area contributed by atoms with Gasteiger partial charge in [-0.05, 0) is 49.8 Å². The Balaban J connectivity index is 2.25. The smallest absolute Gasteiger partial charge is 0.263 e. The molecule has 1 saturated heterocycles. The lowest BCUT2D eigenvalue weighted by Crippen LogP contribution is -2.46. The van der Waals surface area contributed by atoms with Crippen LogP contribution < -0.4 is 10.2 Å². The summed E-state index contributed by atoms with van der Waals surface area (Å²) in [4.78, 5) is 12.1. The first-order valence-corrected chi connectivity index (χ1v) is 10.5. The second-order valence-electron chi connectivity index (χ2n) is 5.53. The van der Waals surface area contributed by atoms with Crippen molar-refractivity contribution < 1.29 is 23.2 Å². The largest absolute Gasteiger partial charge is 0.481 e. The fraction of sp³-hybridized carbons (Fsp3) is 0.471. The van der Waals surface area contributed by atoms with Gasteiger partial charge in [0.05, 0.1) is 4.90 Å². The van der Waals surface area contributed by atoms with Gasteiger partial charge in [-0.3, -0.25) is 10.0 Å². The Morgan fingerprint density at radius 2 is 2.12 bits per heavy atom. The summed E-state index contributed by atoms with van der Waals surface area (Å²) in [5.41, 5.74) is 1.51. The van der Waals surface area contributed by atoms with Crippen molar-refractivity contribution in [3.05, 3.63) is 24.3 Å². The maximum absolute atomic E-state index is 13.0. The molecular formula is C17H21NO5S2. The van der Waals surface area contributed by atoms with Crippen molar-refractivity contribution in [2.75, 3.05) is 12.4 Å². The van der Waals surface area contributed by atoms with E-state index in [-0.39, 0.29) is 16.8 Å². The highest BCUT2D eigenvalue weighted by Crippen LogP contribution is 2.33. The van der Waals surface area contributed by atoms with Crippen molar-refractivity contribution in [3.8, 4) is 17.6 Å². The van der Waals surface area contributed by atoms with E-state index in [0.29, 0.717) is 12.2 Å². The number of carbonyl (C=O) groups excluding carboxylic acids is 1. The molecule has 1 aromatic rings. The van der Waals surface area contributed by atoms with Crippen LogP contribution >= 0.6 is 11.8 Å². The summed E-state index contributed by atoms with van der Waals surface area (Å²) in [6.07, 6.45) is 2.49. The van der Waals surface area contributed by atoms with Gasteiger partial charge in [0.1, 0.15) is 12.4 Å². The minimum Gasteiger partial charge on any atom is -0.481 e. The summed E-state index contributed by atoms with van der Waals surface area (Å²) in [7, 11) is -3.93. The molecule has 136 valence electrons. The van der Waals surface area contributed by atoms with Crippen molar-refractivity contribution in [2.24, 2.45) is 0 Å². The molecule has 2 N–H and O–H groups in total. The van der Waals surface area contributed by atoms with Crippen molar-refractivity contribution in [1.82, 2.24) is 5.48 Å². The van der Waals surface area contributed by atoms with E-state index in [1.165, 1.54) is 41.5 Å². The van der Waals surface area contributed by atoms with Gasteiger partial charge in [-0.15, -0.1) is 5.92 Å². The second kappa shape index (κ2) is 9.13. The van der Waals surface area contributed by atoms with Gasteiger partial charge in [-0.2, -0.15) is 11.8 Å². The number of hydroxylamine groups is 1. The van der Waals surface area contributed by atoms with Crippen LogP contribution in [0.25, 0.3) is 0 Å². The Morgan fingerprint density at radius 1 is 1.40 bits per heavy atom. The first kappa shape index (κ1) is 19.6. The van der Waals surface area contributed by atoms with Crippen molar-refractivity contribution >= 4 is 27.5 Å². The normalized spacial score (nSPS) is 18.6. The third kappa shape index (κ3) is 4.91. The first-order valence-electron chi connectivity index (χ1n) is 7.92. The first-order chi connectivity index (χ1) is 12.0. The lowest BCUT2D eigenvalue weighted by Gasteiger charge is -2.28. The minimum absolute atomic E-state index is 0.0289. The van der Waals surface area contributed by atoms with Crippen LogP contribution in [0.15, 0.2) is 29.2 Å². The molecular weight excluding hydrogens is 362 g/mol. The van der Waals surface area contributed by atoms with Crippen LogP contribution in [-0.4, -0.2) is 42.4 Å². The molecule has 0 aromatic heterocycles. The molecule has 0 radical (unpaired) electrons. The number of nitrogens with one attached hydrogen (secondary N) is 1. The molecule has 0 spiro atoms. The van der Waals surface area contributed by atoms with Gasteiger partial charge in [-0.1, -0.05) is 12.3 Å². The standard InChI is InChI=1S/C17H21NO5S2/c1-2-3-11-23-13-7-9-14(10-8-13)25(21,22)16(17(19)18-20)15-6-4-5-12-24-15/h7-10,15-16,20H,4-6,11-12H2,1H3,(H,18,19). The summed E-state index contributed by atoms with van der Waals surface area (Å²) < 4.78 is 31.3. The molecule has 1 heterocycles. The lowest BCUT2D eigenvalue weighted by molar-refractivity contribution is -0.128. The number of hydrogen-bond acceptors (Lipinski definition) is 6. The van der Waals surface area contributed by atoms with E-state index in [2.05, 4.69) is 11.8 Å². The van der Waals surface area contributed by atoms with Gasteiger partial charge in [-0.25, -0.2) is 13.9 Å². The highest BCUT2D eigenvalue weighted by molar-refractivity contribution is 8.01. The summed E-state index contributed by atoms with van der Waals surface area (Å²) >= 11 is 1.46. The average molecular weight is 383 g/mol. The van der Waals surface area contributed by atoms with Gasteiger partial charge in [0.2, 0.25) is 0 Å². The zero-order chi connectivity index (χ0) is 18.3. The summed E-state index contributed by atoms with van der Waals surface area (Å²) in [5, 5.41) is 7.31. The highest BCUT2D eigenvalue weighted by Gasteiger charge is 2.41. The number of carbonyl (C=O) groups is 1. The number of thioether (sulfide) groups is 1. The Morgan fingerprint density at radius 3 is 2.68 bits per heavy atom. The summed E-state index contributed by atoms with van der Waals surface area (Å²) in [6, 6.07) is 5.89. The molecule has 2 unspecified atom stereocenters. The van der Waals surface area contributed by atoms with Crippen LogP contribution in [0.5, 0.6) is 5.75 Å². The monoisotopic (exact) mass is 383 g/mol. The molecule has 2 rings (SSSR count). The van der Waals surface area contributed by atoms with E-state index in [9.17, 15) is 13.2 Å². The predicted molar refractivity (Wildman–Crippen MR) is 96.4 cm³/mol. The van der Waals surface area contributed by atoms with E-state index in [4.69, 9.17) is 9.94 Å². The quantitative estimate of drug-likeness (QED) is 0.444. The third-order valence-electron chi connectivity index (χ3n) is 3.90.